The maximum atomic E-state index is 13.2. The summed E-state index contributed by atoms with van der Waals surface area (Å²) >= 11 is 0. The lowest BCUT2D eigenvalue weighted by Gasteiger charge is -2.25. The van der Waals surface area contributed by atoms with Gasteiger partial charge in [0.1, 0.15) is 17.3 Å². The fourth-order valence-electron chi connectivity index (χ4n) is 4.11. The van der Waals surface area contributed by atoms with Gasteiger partial charge in [0.2, 0.25) is 0 Å². The number of pyridine rings is 1. The topological polar surface area (TPSA) is 89.0 Å². The van der Waals surface area contributed by atoms with E-state index < -0.39 is 17.7 Å². The monoisotopic (exact) mass is 472 g/mol. The first-order valence-corrected chi connectivity index (χ1v) is 11.6. The minimum absolute atomic E-state index is 0.0109. The predicted octanol–water partition coefficient (Wildman–Crippen LogP) is 4.89. The summed E-state index contributed by atoms with van der Waals surface area (Å²) < 4.78 is 11.2. The van der Waals surface area contributed by atoms with E-state index in [1.165, 1.54) is 4.90 Å². The molecule has 1 N–H and O–H groups in total. The molecular formula is C28H28N2O5. The first-order valence-electron chi connectivity index (χ1n) is 11.6. The van der Waals surface area contributed by atoms with E-state index in [0.717, 1.165) is 5.56 Å². The number of rotatable bonds is 8. The van der Waals surface area contributed by atoms with Crippen LogP contribution in [-0.4, -0.2) is 39.4 Å². The van der Waals surface area contributed by atoms with Gasteiger partial charge in [0.05, 0.1) is 24.3 Å². The van der Waals surface area contributed by atoms with Gasteiger partial charge in [-0.2, -0.15) is 0 Å². The van der Waals surface area contributed by atoms with E-state index in [1.807, 2.05) is 39.0 Å². The number of hydrogen-bond donors (Lipinski definition) is 1. The molecule has 1 saturated heterocycles. The molecule has 3 aromatic rings. The van der Waals surface area contributed by atoms with E-state index in [9.17, 15) is 14.7 Å². The van der Waals surface area contributed by atoms with E-state index in [1.54, 1.807) is 54.9 Å². The summed E-state index contributed by atoms with van der Waals surface area (Å²) in [5.41, 5.74) is 1.94. The van der Waals surface area contributed by atoms with Crippen molar-refractivity contribution in [3.8, 4) is 11.5 Å². The molecule has 7 heteroatoms. The quantitative estimate of drug-likeness (QED) is 0.285. The Morgan fingerprint density at radius 1 is 1.03 bits per heavy atom. The summed E-state index contributed by atoms with van der Waals surface area (Å²) in [6, 6.07) is 16.9. The summed E-state index contributed by atoms with van der Waals surface area (Å²) in [7, 11) is 0. The van der Waals surface area contributed by atoms with Crippen molar-refractivity contribution in [1.82, 2.24) is 9.88 Å². The third kappa shape index (κ3) is 5.19. The number of ketones is 1. The van der Waals surface area contributed by atoms with Crippen LogP contribution >= 0.6 is 0 Å². The average molecular weight is 473 g/mol. The first-order chi connectivity index (χ1) is 16.9. The zero-order valence-electron chi connectivity index (χ0n) is 20.0. The highest BCUT2D eigenvalue weighted by atomic mass is 16.5. The van der Waals surface area contributed by atoms with Gasteiger partial charge in [-0.25, -0.2) is 0 Å². The van der Waals surface area contributed by atoms with E-state index >= 15 is 0 Å². The molecule has 0 spiro atoms. The van der Waals surface area contributed by atoms with Crippen molar-refractivity contribution < 1.29 is 24.2 Å². The van der Waals surface area contributed by atoms with Gasteiger partial charge in [-0.1, -0.05) is 18.2 Å². The lowest BCUT2D eigenvalue weighted by Crippen LogP contribution is -2.29. The van der Waals surface area contributed by atoms with Gasteiger partial charge in [-0.05, 0) is 74.4 Å². The molecule has 2 aromatic carbocycles. The highest BCUT2D eigenvalue weighted by Gasteiger charge is 2.46. The van der Waals surface area contributed by atoms with Crippen molar-refractivity contribution in [3.63, 3.8) is 0 Å². The summed E-state index contributed by atoms with van der Waals surface area (Å²) in [6.07, 6.45) is 3.31. The van der Waals surface area contributed by atoms with Crippen molar-refractivity contribution >= 4 is 17.4 Å². The SMILES string of the molecule is CCOc1ccc(/C(O)=C2\C(=O)C(=O)N(Cc3cccnc3)[C@H]2c2ccc(OC(C)C)cc2)cc1. The Bertz CT molecular complexity index is 1220. The fraction of sp³-hybridized carbons (Fsp3) is 0.250. The lowest BCUT2D eigenvalue weighted by molar-refractivity contribution is -0.140. The molecule has 0 bridgehead atoms. The molecule has 1 aromatic heterocycles. The molecule has 35 heavy (non-hydrogen) atoms. The van der Waals surface area contributed by atoms with Crippen molar-refractivity contribution in [2.75, 3.05) is 6.61 Å². The molecule has 0 unspecified atom stereocenters. The van der Waals surface area contributed by atoms with Gasteiger partial charge < -0.3 is 19.5 Å². The predicted molar refractivity (Wildman–Crippen MR) is 132 cm³/mol. The van der Waals surface area contributed by atoms with Crippen molar-refractivity contribution in [1.29, 1.82) is 0 Å². The summed E-state index contributed by atoms with van der Waals surface area (Å²) in [4.78, 5) is 32.0. The number of amides is 1. The number of hydrogen-bond acceptors (Lipinski definition) is 6. The van der Waals surface area contributed by atoms with E-state index in [4.69, 9.17) is 9.47 Å². The number of aromatic nitrogens is 1. The van der Waals surface area contributed by atoms with Gasteiger partial charge in [-0.15, -0.1) is 0 Å². The van der Waals surface area contributed by atoms with Crippen LogP contribution in [0, 0.1) is 0 Å². The maximum Gasteiger partial charge on any atom is 0.295 e. The number of likely N-dealkylation sites (tertiary alicyclic amines) is 1. The Balaban J connectivity index is 1.79. The van der Waals surface area contributed by atoms with Crippen LogP contribution in [-0.2, 0) is 16.1 Å². The van der Waals surface area contributed by atoms with Gasteiger partial charge >= 0.3 is 0 Å². The minimum atomic E-state index is -0.769. The Morgan fingerprint density at radius 3 is 2.31 bits per heavy atom. The van der Waals surface area contributed by atoms with Crippen LogP contribution in [0.3, 0.4) is 0 Å². The van der Waals surface area contributed by atoms with Crippen LogP contribution in [0.5, 0.6) is 11.5 Å². The summed E-state index contributed by atoms with van der Waals surface area (Å²) in [5, 5.41) is 11.2. The molecular weight excluding hydrogens is 444 g/mol. The Kier molecular flexibility index (Phi) is 7.15. The van der Waals surface area contributed by atoms with Gasteiger partial charge in [0.15, 0.2) is 0 Å². The lowest BCUT2D eigenvalue weighted by atomic mass is 9.95. The van der Waals surface area contributed by atoms with Crippen LogP contribution in [0.2, 0.25) is 0 Å². The summed E-state index contributed by atoms with van der Waals surface area (Å²) in [5.74, 6) is -0.299. The second-order valence-corrected chi connectivity index (χ2v) is 8.48. The molecule has 1 aliphatic rings. The normalized spacial score (nSPS) is 17.1. The largest absolute Gasteiger partial charge is 0.507 e. The van der Waals surface area contributed by atoms with Crippen LogP contribution in [0.15, 0.2) is 78.6 Å². The summed E-state index contributed by atoms with van der Waals surface area (Å²) in [6.45, 7) is 6.45. The molecule has 1 aliphatic heterocycles. The van der Waals surface area contributed by atoms with Crippen LogP contribution < -0.4 is 9.47 Å². The van der Waals surface area contributed by atoms with Gasteiger partial charge in [0.25, 0.3) is 11.7 Å². The number of carbonyl (C=O) groups excluding carboxylic acids is 2. The molecule has 1 fully saturated rings. The molecule has 180 valence electrons. The molecule has 0 radical (unpaired) electrons. The molecule has 1 amide bonds. The number of aliphatic hydroxyl groups is 1. The van der Waals surface area contributed by atoms with E-state index in [2.05, 4.69) is 4.98 Å². The Hall–Kier alpha value is -4.13. The number of ether oxygens (including phenoxy) is 2. The maximum absolute atomic E-state index is 13.2. The number of aliphatic hydroxyl groups excluding tert-OH is 1. The van der Waals surface area contributed by atoms with E-state index in [0.29, 0.717) is 29.2 Å². The fourth-order valence-corrected chi connectivity index (χ4v) is 4.11. The highest BCUT2D eigenvalue weighted by Crippen LogP contribution is 2.40. The number of carbonyl (C=O) groups is 2. The highest BCUT2D eigenvalue weighted by molar-refractivity contribution is 6.46. The third-order valence-corrected chi connectivity index (χ3v) is 5.62. The molecule has 7 nitrogen and oxygen atoms in total. The third-order valence-electron chi connectivity index (χ3n) is 5.62. The molecule has 2 heterocycles. The zero-order chi connectivity index (χ0) is 24.9. The zero-order valence-corrected chi connectivity index (χ0v) is 20.0. The first kappa shape index (κ1) is 24.0. The van der Waals surface area contributed by atoms with Crippen molar-refractivity contribution in [2.24, 2.45) is 0 Å². The van der Waals surface area contributed by atoms with Crippen LogP contribution in [0.25, 0.3) is 5.76 Å². The number of Topliss-reactive ketones (excluding diaryl/α,β-unsaturated/α-hetero) is 1. The van der Waals surface area contributed by atoms with Crippen molar-refractivity contribution in [3.05, 3.63) is 95.3 Å². The smallest absolute Gasteiger partial charge is 0.295 e. The second-order valence-electron chi connectivity index (χ2n) is 8.48. The molecule has 0 aliphatic carbocycles. The van der Waals surface area contributed by atoms with Crippen LogP contribution in [0.4, 0.5) is 0 Å². The van der Waals surface area contributed by atoms with Gasteiger partial charge in [-0.3, -0.25) is 14.6 Å². The molecule has 0 saturated carbocycles. The van der Waals surface area contributed by atoms with Crippen molar-refractivity contribution in [2.45, 2.75) is 39.5 Å². The van der Waals surface area contributed by atoms with Crippen LogP contribution in [0.1, 0.15) is 43.5 Å². The average Bonchev–Trinajstić information content (AvgIpc) is 3.10. The molecule has 4 rings (SSSR count). The van der Waals surface area contributed by atoms with Gasteiger partial charge in [0, 0.05) is 24.5 Å². The second kappa shape index (κ2) is 10.4. The molecule has 1 atom stereocenters. The van der Waals surface area contributed by atoms with E-state index in [-0.39, 0.29) is 24.0 Å². The standard InChI is InChI=1S/C28H28N2O5/c1-4-34-22-11-9-21(10-12-22)26(31)24-25(20-7-13-23(14-8-20)35-18(2)3)30(28(33)27(24)32)17-19-6-5-15-29-16-19/h5-16,18,25,31H,4,17H2,1-3H3/b26-24+/t25-/m0/s1. The number of benzene rings is 2. The Labute approximate surface area is 204 Å². The minimum Gasteiger partial charge on any atom is -0.507 e. The Morgan fingerprint density at radius 2 is 1.71 bits per heavy atom. The number of nitrogens with zero attached hydrogens (tertiary/aromatic N) is 2.